The second kappa shape index (κ2) is 6.96. The van der Waals surface area contributed by atoms with Gasteiger partial charge in [0, 0.05) is 6.42 Å². The molecule has 3 nitrogen and oxygen atoms in total. The molecule has 0 aliphatic heterocycles. The molecular formula is C17H20O3. The maximum Gasteiger partial charge on any atom is 0.119 e. The van der Waals surface area contributed by atoms with E-state index in [0.29, 0.717) is 13.0 Å². The van der Waals surface area contributed by atoms with Gasteiger partial charge in [-0.15, -0.1) is 0 Å². The molecular weight excluding hydrogens is 252 g/mol. The molecule has 0 heterocycles. The Morgan fingerprint density at radius 2 is 1.80 bits per heavy atom. The minimum absolute atomic E-state index is 0.548. The lowest BCUT2D eigenvalue weighted by molar-refractivity contribution is 0.178. The van der Waals surface area contributed by atoms with Gasteiger partial charge in [-0.3, -0.25) is 0 Å². The van der Waals surface area contributed by atoms with Crippen LogP contribution in [0.25, 0.3) is 0 Å². The number of hydrogen-bond acceptors (Lipinski definition) is 3. The van der Waals surface area contributed by atoms with Gasteiger partial charge in [0.2, 0.25) is 0 Å². The Kier molecular flexibility index (Phi) is 5.02. The highest BCUT2D eigenvalue weighted by Crippen LogP contribution is 2.24. The summed E-state index contributed by atoms with van der Waals surface area (Å²) in [6.07, 6.45) is -0.00484. The summed E-state index contributed by atoms with van der Waals surface area (Å²) >= 11 is 0. The van der Waals surface area contributed by atoms with Gasteiger partial charge < -0.3 is 14.6 Å². The van der Waals surface area contributed by atoms with E-state index in [1.807, 2.05) is 55.5 Å². The maximum atomic E-state index is 10.3. The Bertz CT molecular complexity index is 551. The lowest BCUT2D eigenvalue weighted by atomic mass is 10.0. The molecule has 0 spiro atoms. The second-order valence-electron chi connectivity index (χ2n) is 4.58. The van der Waals surface area contributed by atoms with E-state index in [-0.39, 0.29) is 0 Å². The topological polar surface area (TPSA) is 38.7 Å². The van der Waals surface area contributed by atoms with Crippen molar-refractivity contribution in [1.29, 1.82) is 0 Å². The summed E-state index contributed by atoms with van der Waals surface area (Å²) < 4.78 is 10.6. The quantitative estimate of drug-likeness (QED) is 0.876. The van der Waals surface area contributed by atoms with Crippen LogP contribution in [0.4, 0.5) is 0 Å². The fourth-order valence-electron chi connectivity index (χ4n) is 2.12. The van der Waals surface area contributed by atoms with Gasteiger partial charge in [-0.25, -0.2) is 0 Å². The van der Waals surface area contributed by atoms with Crippen molar-refractivity contribution in [3.8, 4) is 11.5 Å². The predicted octanol–water partition coefficient (Wildman–Crippen LogP) is 3.37. The number of aliphatic hydroxyl groups excluding tert-OH is 1. The van der Waals surface area contributed by atoms with Crippen molar-refractivity contribution in [2.24, 2.45) is 0 Å². The summed E-state index contributed by atoms with van der Waals surface area (Å²) in [6.45, 7) is 2.56. The summed E-state index contributed by atoms with van der Waals surface area (Å²) in [5.41, 5.74) is 1.90. The summed E-state index contributed by atoms with van der Waals surface area (Å²) in [6, 6.07) is 15.3. The first kappa shape index (κ1) is 14.4. The summed E-state index contributed by atoms with van der Waals surface area (Å²) in [7, 11) is 1.64. The Morgan fingerprint density at radius 3 is 2.55 bits per heavy atom. The summed E-state index contributed by atoms with van der Waals surface area (Å²) in [4.78, 5) is 0. The minimum atomic E-state index is -0.553. The third-order valence-corrected chi connectivity index (χ3v) is 3.12. The lowest BCUT2D eigenvalue weighted by Gasteiger charge is -2.13. The zero-order valence-electron chi connectivity index (χ0n) is 11.9. The van der Waals surface area contributed by atoms with E-state index in [9.17, 15) is 5.11 Å². The average Bonchev–Trinajstić information content (AvgIpc) is 2.48. The van der Waals surface area contributed by atoms with Crippen molar-refractivity contribution in [2.75, 3.05) is 13.7 Å². The first-order valence-corrected chi connectivity index (χ1v) is 6.76. The van der Waals surface area contributed by atoms with Crippen LogP contribution in [-0.4, -0.2) is 18.8 Å². The van der Waals surface area contributed by atoms with E-state index in [0.717, 1.165) is 22.6 Å². The first-order valence-electron chi connectivity index (χ1n) is 6.76. The molecule has 2 aromatic rings. The van der Waals surface area contributed by atoms with Gasteiger partial charge in [0.1, 0.15) is 11.5 Å². The molecule has 106 valence electrons. The normalized spacial score (nSPS) is 11.9. The Hall–Kier alpha value is -2.00. The van der Waals surface area contributed by atoms with Crippen LogP contribution in [0, 0.1) is 0 Å². The number of aliphatic hydroxyl groups is 1. The molecule has 1 unspecified atom stereocenters. The van der Waals surface area contributed by atoms with Crippen molar-refractivity contribution in [3.63, 3.8) is 0 Å². The van der Waals surface area contributed by atoms with Gasteiger partial charge in [-0.1, -0.05) is 24.3 Å². The standard InChI is InChI=1S/C17H20O3/c1-3-20-16-9-5-7-14(12-16)17(18)11-13-6-4-8-15(10-13)19-2/h4-10,12,17-18H,3,11H2,1-2H3. The van der Waals surface area contributed by atoms with E-state index in [1.165, 1.54) is 0 Å². The van der Waals surface area contributed by atoms with Gasteiger partial charge in [-0.2, -0.15) is 0 Å². The predicted molar refractivity (Wildman–Crippen MR) is 79.3 cm³/mol. The summed E-state index contributed by atoms with van der Waals surface area (Å²) in [5.74, 6) is 1.59. The van der Waals surface area contributed by atoms with E-state index in [2.05, 4.69) is 0 Å². The molecule has 0 saturated heterocycles. The van der Waals surface area contributed by atoms with Crippen LogP contribution < -0.4 is 9.47 Å². The highest BCUT2D eigenvalue weighted by atomic mass is 16.5. The number of hydrogen-bond donors (Lipinski definition) is 1. The molecule has 0 fully saturated rings. The lowest BCUT2D eigenvalue weighted by Crippen LogP contribution is -2.02. The zero-order valence-corrected chi connectivity index (χ0v) is 11.9. The van der Waals surface area contributed by atoms with Gasteiger partial charge in [0.15, 0.2) is 0 Å². The number of methoxy groups -OCH3 is 1. The van der Waals surface area contributed by atoms with Crippen LogP contribution in [0.15, 0.2) is 48.5 Å². The van der Waals surface area contributed by atoms with Crippen LogP contribution in [0.3, 0.4) is 0 Å². The second-order valence-corrected chi connectivity index (χ2v) is 4.58. The van der Waals surface area contributed by atoms with E-state index in [1.54, 1.807) is 7.11 Å². The Labute approximate surface area is 119 Å². The fraction of sp³-hybridized carbons (Fsp3) is 0.294. The molecule has 1 N–H and O–H groups in total. The van der Waals surface area contributed by atoms with E-state index < -0.39 is 6.10 Å². The van der Waals surface area contributed by atoms with Gasteiger partial charge in [0.25, 0.3) is 0 Å². The minimum Gasteiger partial charge on any atom is -0.497 e. The van der Waals surface area contributed by atoms with E-state index in [4.69, 9.17) is 9.47 Å². The molecule has 2 aromatic carbocycles. The largest absolute Gasteiger partial charge is 0.497 e. The SMILES string of the molecule is CCOc1cccc(C(O)Cc2cccc(OC)c2)c1. The van der Waals surface area contributed by atoms with Gasteiger partial charge in [0.05, 0.1) is 19.8 Å². The van der Waals surface area contributed by atoms with Crippen molar-refractivity contribution in [1.82, 2.24) is 0 Å². The Morgan fingerprint density at radius 1 is 1.05 bits per heavy atom. The van der Waals surface area contributed by atoms with Gasteiger partial charge >= 0.3 is 0 Å². The smallest absolute Gasteiger partial charge is 0.119 e. The molecule has 2 rings (SSSR count). The molecule has 0 radical (unpaired) electrons. The van der Waals surface area contributed by atoms with Crippen molar-refractivity contribution < 1.29 is 14.6 Å². The fourth-order valence-corrected chi connectivity index (χ4v) is 2.12. The molecule has 1 atom stereocenters. The molecule has 0 bridgehead atoms. The van der Waals surface area contributed by atoms with Crippen molar-refractivity contribution in [3.05, 3.63) is 59.7 Å². The highest BCUT2D eigenvalue weighted by molar-refractivity contribution is 5.33. The third kappa shape index (κ3) is 3.75. The van der Waals surface area contributed by atoms with Crippen molar-refractivity contribution >= 4 is 0 Å². The van der Waals surface area contributed by atoms with Crippen LogP contribution in [0.5, 0.6) is 11.5 Å². The van der Waals surface area contributed by atoms with Crippen molar-refractivity contribution in [2.45, 2.75) is 19.4 Å². The Balaban J connectivity index is 2.10. The van der Waals surface area contributed by atoms with Crippen LogP contribution in [0.2, 0.25) is 0 Å². The maximum absolute atomic E-state index is 10.3. The molecule has 0 aliphatic rings. The number of rotatable bonds is 6. The third-order valence-electron chi connectivity index (χ3n) is 3.12. The number of ether oxygens (including phenoxy) is 2. The van der Waals surface area contributed by atoms with Crippen LogP contribution >= 0.6 is 0 Å². The zero-order chi connectivity index (χ0) is 14.4. The monoisotopic (exact) mass is 272 g/mol. The van der Waals surface area contributed by atoms with Crippen LogP contribution in [0.1, 0.15) is 24.2 Å². The molecule has 0 saturated carbocycles. The average molecular weight is 272 g/mol. The van der Waals surface area contributed by atoms with Crippen LogP contribution in [-0.2, 0) is 6.42 Å². The molecule has 0 aliphatic carbocycles. The van der Waals surface area contributed by atoms with Gasteiger partial charge in [-0.05, 0) is 42.3 Å². The highest BCUT2D eigenvalue weighted by Gasteiger charge is 2.10. The first-order chi connectivity index (χ1) is 9.72. The number of benzene rings is 2. The molecule has 20 heavy (non-hydrogen) atoms. The molecule has 0 aromatic heterocycles. The molecule has 0 amide bonds. The van der Waals surface area contributed by atoms with E-state index >= 15 is 0 Å². The molecule has 3 heteroatoms. The summed E-state index contributed by atoms with van der Waals surface area (Å²) in [5, 5.41) is 10.3.